The van der Waals surface area contributed by atoms with Crippen LogP contribution in [0.3, 0.4) is 0 Å². The van der Waals surface area contributed by atoms with E-state index in [0.717, 1.165) is 18.5 Å². The van der Waals surface area contributed by atoms with Crippen molar-refractivity contribution in [1.29, 1.82) is 0 Å². The molecule has 0 aromatic carbocycles. The largest absolute Gasteiger partial charge is 0.393 e. The smallest absolute Gasteiger partial charge is 0.0650 e. The molecule has 18 heavy (non-hydrogen) atoms. The zero-order valence-corrected chi connectivity index (χ0v) is 11.5. The van der Waals surface area contributed by atoms with Crippen molar-refractivity contribution in [3.63, 3.8) is 0 Å². The molecule has 2 rings (SSSR count). The molecule has 1 aromatic heterocycles. The molecule has 3 heteroatoms. The minimum atomic E-state index is -0.219. The molecule has 0 saturated heterocycles. The first-order valence-electron chi connectivity index (χ1n) is 7.51. The lowest BCUT2D eigenvalue weighted by molar-refractivity contribution is 0.159. The van der Waals surface area contributed by atoms with Gasteiger partial charge in [0, 0.05) is 12.6 Å². The summed E-state index contributed by atoms with van der Waals surface area (Å²) in [5, 5.41) is 14.6. The van der Waals surface area contributed by atoms with Crippen LogP contribution >= 0.6 is 0 Å². The van der Waals surface area contributed by atoms with Crippen molar-refractivity contribution in [2.45, 2.75) is 76.9 Å². The quantitative estimate of drug-likeness (QED) is 0.752. The van der Waals surface area contributed by atoms with Crippen molar-refractivity contribution >= 4 is 0 Å². The highest BCUT2D eigenvalue weighted by Crippen LogP contribution is 2.28. The Balaban J connectivity index is 1.78. The molecule has 1 N–H and O–H groups in total. The maximum atomic E-state index is 9.95. The van der Waals surface area contributed by atoms with Crippen LogP contribution in [0.1, 0.15) is 70.0 Å². The van der Waals surface area contributed by atoms with Gasteiger partial charge in [0.2, 0.25) is 0 Å². The van der Waals surface area contributed by atoms with Crippen LogP contribution in [0.2, 0.25) is 0 Å². The molecule has 1 aliphatic carbocycles. The third kappa shape index (κ3) is 3.84. The highest BCUT2D eigenvalue weighted by Gasteiger charge is 2.18. The Hall–Kier alpha value is -0.830. The van der Waals surface area contributed by atoms with Gasteiger partial charge in [-0.05, 0) is 25.3 Å². The summed E-state index contributed by atoms with van der Waals surface area (Å²) in [6.45, 7) is 2.19. The molecule has 3 nitrogen and oxygen atoms in total. The van der Waals surface area contributed by atoms with Gasteiger partial charge >= 0.3 is 0 Å². The molecule has 1 saturated carbocycles. The van der Waals surface area contributed by atoms with Gasteiger partial charge in [-0.15, -0.1) is 0 Å². The first-order chi connectivity index (χ1) is 8.79. The second-order valence-electron chi connectivity index (χ2n) is 5.58. The van der Waals surface area contributed by atoms with E-state index in [2.05, 4.69) is 29.0 Å². The van der Waals surface area contributed by atoms with E-state index in [-0.39, 0.29) is 6.10 Å². The standard InChI is InChI=1S/C15H26N2O/c1-2-3-4-9-15(18)12-13-10-11-17(16-13)14-7-5-6-8-14/h10-11,14-15,18H,2-9,12H2,1H3. The lowest BCUT2D eigenvalue weighted by Crippen LogP contribution is -2.12. The van der Waals surface area contributed by atoms with Crippen LogP contribution in [0, 0.1) is 0 Å². The van der Waals surface area contributed by atoms with E-state index in [1.807, 2.05) is 0 Å². The van der Waals surface area contributed by atoms with Crippen molar-refractivity contribution in [2.24, 2.45) is 0 Å². The van der Waals surface area contributed by atoms with Gasteiger partial charge in [-0.2, -0.15) is 5.10 Å². The summed E-state index contributed by atoms with van der Waals surface area (Å²) < 4.78 is 2.11. The number of rotatable bonds is 7. The maximum absolute atomic E-state index is 9.95. The van der Waals surface area contributed by atoms with Crippen molar-refractivity contribution in [3.05, 3.63) is 18.0 Å². The Labute approximate surface area is 110 Å². The van der Waals surface area contributed by atoms with Gasteiger partial charge in [0.15, 0.2) is 0 Å². The summed E-state index contributed by atoms with van der Waals surface area (Å²) in [5.41, 5.74) is 1.05. The molecular formula is C15H26N2O. The van der Waals surface area contributed by atoms with Gasteiger partial charge in [-0.1, -0.05) is 39.0 Å². The fourth-order valence-electron chi connectivity index (χ4n) is 2.83. The highest BCUT2D eigenvalue weighted by molar-refractivity contribution is 5.01. The Morgan fingerprint density at radius 3 is 2.89 bits per heavy atom. The van der Waals surface area contributed by atoms with E-state index >= 15 is 0 Å². The Bertz CT molecular complexity index is 342. The zero-order valence-electron chi connectivity index (χ0n) is 11.5. The molecular weight excluding hydrogens is 224 g/mol. The number of unbranched alkanes of at least 4 members (excludes halogenated alkanes) is 2. The van der Waals surface area contributed by atoms with Crippen molar-refractivity contribution < 1.29 is 5.11 Å². The first-order valence-corrected chi connectivity index (χ1v) is 7.51. The van der Waals surface area contributed by atoms with E-state index in [1.165, 1.54) is 38.5 Å². The molecule has 0 amide bonds. The molecule has 0 spiro atoms. The fourth-order valence-corrected chi connectivity index (χ4v) is 2.83. The third-order valence-corrected chi connectivity index (χ3v) is 3.95. The van der Waals surface area contributed by atoms with E-state index in [1.54, 1.807) is 0 Å². The van der Waals surface area contributed by atoms with Crippen molar-refractivity contribution in [1.82, 2.24) is 9.78 Å². The lowest BCUT2D eigenvalue weighted by atomic mass is 10.1. The minimum absolute atomic E-state index is 0.219. The zero-order chi connectivity index (χ0) is 12.8. The Kier molecular flexibility index (Phi) is 5.24. The fraction of sp³-hybridized carbons (Fsp3) is 0.800. The Morgan fingerprint density at radius 1 is 1.39 bits per heavy atom. The summed E-state index contributed by atoms with van der Waals surface area (Å²) in [4.78, 5) is 0. The van der Waals surface area contributed by atoms with Gasteiger partial charge in [0.1, 0.15) is 0 Å². The van der Waals surface area contributed by atoms with Crippen molar-refractivity contribution in [3.8, 4) is 0 Å². The number of aliphatic hydroxyl groups is 1. The van der Waals surface area contributed by atoms with E-state index in [9.17, 15) is 5.11 Å². The summed E-state index contributed by atoms with van der Waals surface area (Å²) in [6.07, 6.45) is 12.2. The van der Waals surface area contributed by atoms with Crippen LogP contribution in [0.15, 0.2) is 12.3 Å². The van der Waals surface area contributed by atoms with Crippen LogP contribution in [-0.2, 0) is 6.42 Å². The van der Waals surface area contributed by atoms with Gasteiger partial charge < -0.3 is 5.11 Å². The monoisotopic (exact) mass is 250 g/mol. The molecule has 1 fully saturated rings. The molecule has 1 heterocycles. The van der Waals surface area contributed by atoms with Gasteiger partial charge in [-0.3, -0.25) is 4.68 Å². The van der Waals surface area contributed by atoms with Crippen molar-refractivity contribution in [2.75, 3.05) is 0 Å². The lowest BCUT2D eigenvalue weighted by Gasteiger charge is -2.10. The van der Waals surface area contributed by atoms with Gasteiger partial charge in [0.25, 0.3) is 0 Å². The average molecular weight is 250 g/mol. The molecule has 1 aliphatic rings. The molecule has 0 bridgehead atoms. The van der Waals surface area contributed by atoms with Gasteiger partial charge in [-0.25, -0.2) is 0 Å². The number of aromatic nitrogens is 2. The van der Waals surface area contributed by atoms with Crippen LogP contribution in [0.4, 0.5) is 0 Å². The number of hydrogen-bond acceptors (Lipinski definition) is 2. The number of hydrogen-bond donors (Lipinski definition) is 1. The van der Waals surface area contributed by atoms with E-state index in [0.29, 0.717) is 12.5 Å². The van der Waals surface area contributed by atoms with Gasteiger partial charge in [0.05, 0.1) is 17.8 Å². The van der Waals surface area contributed by atoms with E-state index in [4.69, 9.17) is 0 Å². The summed E-state index contributed by atoms with van der Waals surface area (Å²) in [7, 11) is 0. The van der Waals surface area contributed by atoms with Crippen LogP contribution in [0.5, 0.6) is 0 Å². The van der Waals surface area contributed by atoms with Crippen LogP contribution in [-0.4, -0.2) is 21.0 Å². The SMILES string of the molecule is CCCCCC(O)Cc1ccn(C2CCCC2)n1. The summed E-state index contributed by atoms with van der Waals surface area (Å²) >= 11 is 0. The second kappa shape index (κ2) is 6.93. The first kappa shape index (κ1) is 13.6. The predicted octanol–water partition coefficient (Wildman–Crippen LogP) is 3.48. The minimum Gasteiger partial charge on any atom is -0.393 e. The molecule has 1 unspecified atom stereocenters. The molecule has 0 aliphatic heterocycles. The van der Waals surface area contributed by atoms with Crippen LogP contribution in [0.25, 0.3) is 0 Å². The second-order valence-corrected chi connectivity index (χ2v) is 5.58. The summed E-state index contributed by atoms with van der Waals surface area (Å²) in [6, 6.07) is 2.68. The molecule has 1 aromatic rings. The van der Waals surface area contributed by atoms with Crippen LogP contribution < -0.4 is 0 Å². The highest BCUT2D eigenvalue weighted by atomic mass is 16.3. The number of nitrogens with zero attached hydrogens (tertiary/aromatic N) is 2. The predicted molar refractivity (Wildman–Crippen MR) is 73.6 cm³/mol. The molecule has 1 atom stereocenters. The third-order valence-electron chi connectivity index (χ3n) is 3.95. The summed E-state index contributed by atoms with van der Waals surface area (Å²) in [5.74, 6) is 0. The Morgan fingerprint density at radius 2 is 2.17 bits per heavy atom. The normalized spacial score (nSPS) is 18.3. The topological polar surface area (TPSA) is 38.0 Å². The van der Waals surface area contributed by atoms with E-state index < -0.39 is 0 Å². The molecule has 0 radical (unpaired) electrons. The average Bonchev–Trinajstić information content (AvgIpc) is 2.98. The number of aliphatic hydroxyl groups excluding tert-OH is 1. The molecule has 102 valence electrons. The maximum Gasteiger partial charge on any atom is 0.0650 e.